The minimum absolute atomic E-state index is 0.519. The van der Waals surface area contributed by atoms with Crippen LogP contribution in [0.5, 0.6) is 0 Å². The van der Waals surface area contributed by atoms with Crippen molar-refractivity contribution in [3.63, 3.8) is 0 Å². The Balaban J connectivity index is 0. The van der Waals surface area contributed by atoms with E-state index in [4.69, 9.17) is 0 Å². The molecule has 2 atom stereocenters. The molecule has 16 heteroatoms. The minimum atomic E-state index is -6.00. The molecule has 0 aromatic heterocycles. The van der Waals surface area contributed by atoms with Gasteiger partial charge in [-0.05, 0) is 0 Å². The normalized spacial score (nSPS) is 20.9. The molecule has 34 heavy (non-hydrogen) atoms. The van der Waals surface area contributed by atoms with Gasteiger partial charge in [-0.25, -0.2) is 0 Å². The summed E-state index contributed by atoms with van der Waals surface area (Å²) in [5.74, 6) is 1.32. The number of hydrogen-bond acceptors (Lipinski definition) is 0. The van der Waals surface area contributed by atoms with E-state index in [0.717, 1.165) is 0 Å². The zero-order chi connectivity index (χ0) is 28.0. The summed E-state index contributed by atoms with van der Waals surface area (Å²) in [6.45, 7) is 18.6. The van der Waals surface area contributed by atoms with Crippen molar-refractivity contribution in [1.82, 2.24) is 0 Å². The summed E-state index contributed by atoms with van der Waals surface area (Å²) in [7, 11) is -18.0. The van der Waals surface area contributed by atoms with Crippen LogP contribution in [-0.2, 0) is 15.2 Å². The van der Waals surface area contributed by atoms with Gasteiger partial charge in [-0.3, -0.25) is 0 Å². The molecule has 0 heterocycles. The summed E-state index contributed by atoms with van der Waals surface area (Å²) in [6.07, 6.45) is 0. The van der Waals surface area contributed by atoms with E-state index >= 15 is 0 Å². The predicted octanol–water partition coefficient (Wildman–Crippen LogP) is 9.49. The minimum Gasteiger partial charge on any atom is -0.418 e. The van der Waals surface area contributed by atoms with Crippen LogP contribution in [0.25, 0.3) is 0 Å². The van der Waals surface area contributed by atoms with Crippen LogP contribution in [0.15, 0.2) is 42.3 Å². The van der Waals surface area contributed by atoms with Crippen LogP contribution in [0.1, 0.15) is 55.4 Å². The third-order valence-corrected chi connectivity index (χ3v) is 8.10. The number of allylic oxidation sites excluding steroid dienone is 8. The van der Waals surface area contributed by atoms with E-state index in [2.05, 4.69) is 55.4 Å². The first-order valence-electron chi connectivity index (χ1n) is 9.84. The molecule has 0 aromatic carbocycles. The molecule has 0 N–H and O–H groups in total. The molecule has 0 radical (unpaired) electrons. The Hall–Kier alpha value is -1.15. The van der Waals surface area contributed by atoms with E-state index in [1.165, 1.54) is 11.1 Å². The first-order chi connectivity index (χ1) is 14.8. The first kappa shape index (κ1) is 35.0. The average Bonchev–Trinajstić information content (AvgIpc) is 2.87. The molecule has 0 spiro atoms. The van der Waals surface area contributed by atoms with Gasteiger partial charge >= 0.3 is 147 Å². The third kappa shape index (κ3) is 15.0. The number of rotatable bonds is 2. The zero-order valence-electron chi connectivity index (χ0n) is 19.8. The van der Waals surface area contributed by atoms with Gasteiger partial charge in [0.25, 0.3) is 0 Å². The van der Waals surface area contributed by atoms with Gasteiger partial charge in [0.05, 0.1) is 0 Å². The number of hydrogen-bond donors (Lipinski definition) is 0. The maximum atomic E-state index is 9.75. The van der Waals surface area contributed by atoms with Crippen molar-refractivity contribution in [2.24, 2.45) is 11.8 Å². The fourth-order valence-corrected chi connectivity index (χ4v) is 5.53. The molecule has 0 bridgehead atoms. The molecule has 0 saturated heterocycles. The van der Waals surface area contributed by atoms with Crippen LogP contribution >= 0.6 is 0 Å². The topological polar surface area (TPSA) is 0 Å². The standard InChI is InChI=1S/2C9H13.3BF4.Cr/c2*1-6-5-7(2)9(4)8(6)3;3*2-1(3,4)5;/h2*6H,1-4H3;;;;/q;;3*-1;+3. The summed E-state index contributed by atoms with van der Waals surface area (Å²) in [4.78, 5) is 0. The molecule has 0 fully saturated rings. The van der Waals surface area contributed by atoms with Crippen molar-refractivity contribution in [2.45, 2.75) is 55.4 Å². The van der Waals surface area contributed by atoms with Crippen molar-refractivity contribution in [3.8, 4) is 0 Å². The van der Waals surface area contributed by atoms with Gasteiger partial charge < -0.3 is 51.8 Å². The molecule has 0 saturated carbocycles. The van der Waals surface area contributed by atoms with Gasteiger partial charge in [-0.2, -0.15) is 0 Å². The van der Waals surface area contributed by atoms with Gasteiger partial charge in [-0.15, -0.1) is 0 Å². The molecule has 0 aliphatic heterocycles. The molecule has 0 aromatic rings. The molecule has 2 aliphatic rings. The molecule has 2 rings (SSSR count). The second kappa shape index (κ2) is 13.2. The summed E-state index contributed by atoms with van der Waals surface area (Å²) in [5, 5.41) is 0. The third-order valence-electron chi connectivity index (χ3n) is 5.35. The van der Waals surface area contributed by atoms with Gasteiger partial charge in [-0.1, -0.05) is 0 Å². The van der Waals surface area contributed by atoms with E-state index < -0.39 is 21.8 Å². The fraction of sp³-hybridized carbons (Fsp3) is 0.556. The Kier molecular flexibility index (Phi) is 13.6. The Morgan fingerprint density at radius 1 is 0.441 bits per heavy atom. The Morgan fingerprint density at radius 2 is 0.618 bits per heavy atom. The van der Waals surface area contributed by atoms with Crippen LogP contribution in [0.2, 0.25) is 0 Å². The maximum absolute atomic E-state index is 9.75. The molecular weight excluding hydrogens is 529 g/mol. The molecular formula is C18H26B3CrF12. The van der Waals surface area contributed by atoms with Gasteiger partial charge in [0, 0.05) is 0 Å². The molecule has 0 amide bonds. The van der Waals surface area contributed by atoms with E-state index in [1.54, 1.807) is 31.2 Å². The summed E-state index contributed by atoms with van der Waals surface area (Å²) in [5.41, 5.74) is 9.38. The quantitative estimate of drug-likeness (QED) is 0.236. The second-order valence-corrected chi connectivity index (χ2v) is 9.32. The predicted molar refractivity (Wildman–Crippen MR) is 111 cm³/mol. The zero-order valence-corrected chi connectivity index (χ0v) is 21.1. The van der Waals surface area contributed by atoms with Gasteiger partial charge in [0.2, 0.25) is 0 Å². The molecule has 2 aliphatic carbocycles. The summed E-state index contributed by atoms with van der Waals surface area (Å²) >= 11 is 0.519. The van der Waals surface area contributed by atoms with Crippen LogP contribution in [0, 0.1) is 11.8 Å². The SMILES string of the molecule is CC1=C(C)C(C)[C]([Cr+3][C]2=C(C)C(C)=C(C)C2C)=C1C.F[B-](F)(F)F.F[B-](F)(F)F.F[B-](F)(F)F. The van der Waals surface area contributed by atoms with E-state index in [0.29, 0.717) is 27.1 Å². The first-order valence-corrected chi connectivity index (χ1v) is 11.1. The summed E-state index contributed by atoms with van der Waals surface area (Å²) in [6, 6.07) is 0. The van der Waals surface area contributed by atoms with Crippen LogP contribution in [-0.4, -0.2) is 21.8 Å². The van der Waals surface area contributed by atoms with Crippen LogP contribution < -0.4 is 0 Å². The van der Waals surface area contributed by atoms with Crippen molar-refractivity contribution in [1.29, 1.82) is 0 Å². The Labute approximate surface area is 198 Å². The summed E-state index contributed by atoms with van der Waals surface area (Å²) < 4.78 is 120. The maximum Gasteiger partial charge on any atom is 0.673 e. The average molecular weight is 555 g/mol. The van der Waals surface area contributed by atoms with Crippen molar-refractivity contribution < 1.29 is 67.0 Å². The second-order valence-electron chi connectivity index (χ2n) is 7.62. The van der Waals surface area contributed by atoms with E-state index in [-0.39, 0.29) is 0 Å². The van der Waals surface area contributed by atoms with Gasteiger partial charge in [0.1, 0.15) is 0 Å². The largest absolute Gasteiger partial charge is 0.673 e. The van der Waals surface area contributed by atoms with Gasteiger partial charge in [0.15, 0.2) is 0 Å². The van der Waals surface area contributed by atoms with Crippen molar-refractivity contribution in [3.05, 3.63) is 42.3 Å². The number of halogens is 12. The van der Waals surface area contributed by atoms with Crippen LogP contribution in [0.4, 0.5) is 51.8 Å². The van der Waals surface area contributed by atoms with Crippen molar-refractivity contribution in [2.75, 3.05) is 0 Å². The molecule has 0 nitrogen and oxygen atoms in total. The van der Waals surface area contributed by atoms with Crippen LogP contribution in [0.3, 0.4) is 0 Å². The fourth-order valence-electron chi connectivity index (χ4n) is 3.10. The van der Waals surface area contributed by atoms with E-state index in [9.17, 15) is 51.8 Å². The molecule has 2 unspecified atom stereocenters. The van der Waals surface area contributed by atoms with E-state index in [1.807, 2.05) is 0 Å². The van der Waals surface area contributed by atoms with Crippen molar-refractivity contribution >= 4 is 21.8 Å². The smallest absolute Gasteiger partial charge is 0.418 e. The Morgan fingerprint density at radius 3 is 0.735 bits per heavy atom. The molecule has 197 valence electrons. The Bertz CT molecular complexity index is 736. The monoisotopic (exact) mass is 555 g/mol.